The molecule has 0 saturated carbocycles. The lowest BCUT2D eigenvalue weighted by Crippen LogP contribution is -2.36. The summed E-state index contributed by atoms with van der Waals surface area (Å²) < 4.78 is 27.9. The highest BCUT2D eigenvalue weighted by Gasteiger charge is 2.19. The van der Waals surface area contributed by atoms with Crippen molar-refractivity contribution >= 4 is 49.1 Å². The Labute approximate surface area is 187 Å². The Bertz CT molecular complexity index is 1440. The molecule has 0 aliphatic rings. The predicted octanol–water partition coefficient (Wildman–Crippen LogP) is 3.59. The Morgan fingerprint density at radius 1 is 1.13 bits per heavy atom. The van der Waals surface area contributed by atoms with Gasteiger partial charge < -0.3 is 0 Å². The Hall–Kier alpha value is -3.01. The van der Waals surface area contributed by atoms with Gasteiger partial charge in [0, 0.05) is 16.0 Å². The van der Waals surface area contributed by atoms with Crippen LogP contribution in [0.25, 0.3) is 21.3 Å². The van der Waals surface area contributed by atoms with E-state index in [0.717, 1.165) is 15.7 Å². The van der Waals surface area contributed by atoms with Gasteiger partial charge in [0.05, 0.1) is 16.6 Å². The number of sulfonamides is 1. The predicted molar refractivity (Wildman–Crippen MR) is 121 cm³/mol. The molecule has 2 heterocycles. The lowest BCUT2D eigenvalue weighted by molar-refractivity contribution is -0.119. The van der Waals surface area contributed by atoms with Crippen LogP contribution in [0.2, 0.25) is 5.02 Å². The zero-order valence-corrected chi connectivity index (χ0v) is 18.6. The molecule has 0 aliphatic heterocycles. The van der Waals surface area contributed by atoms with E-state index in [1.807, 2.05) is 17.0 Å². The van der Waals surface area contributed by atoms with Gasteiger partial charge in [0.25, 0.3) is 21.5 Å². The molecule has 4 aromatic rings. The van der Waals surface area contributed by atoms with Crippen LogP contribution in [0.3, 0.4) is 0 Å². The number of nitrogens with one attached hydrogen (secondary N) is 1. The molecule has 7 nitrogen and oxygen atoms in total. The molecule has 1 amide bonds. The van der Waals surface area contributed by atoms with Crippen LogP contribution >= 0.6 is 22.9 Å². The van der Waals surface area contributed by atoms with E-state index in [1.54, 1.807) is 36.4 Å². The van der Waals surface area contributed by atoms with Crippen molar-refractivity contribution in [3.63, 3.8) is 0 Å². The second-order valence-corrected chi connectivity index (χ2v) is 9.83. The van der Waals surface area contributed by atoms with Gasteiger partial charge in [-0.2, -0.15) is 0 Å². The molecule has 0 radical (unpaired) electrons. The number of benzene rings is 2. The first-order valence-corrected chi connectivity index (χ1v) is 11.8. The molecular formula is C21H16ClN3O4S2. The van der Waals surface area contributed by atoms with E-state index in [9.17, 15) is 18.0 Å². The topological polar surface area (TPSA) is 98.1 Å². The standard InChI is InChI=1S/C21H16ClN3O4S2/c1-13-2-8-16(9-3-13)31(28,29)24-18(26)10-25-12-23-20-19(21(25)27)17(11-30-20)14-4-6-15(22)7-5-14/h2-9,11-12H,10H2,1H3,(H,24,26). The highest BCUT2D eigenvalue weighted by atomic mass is 35.5. The van der Waals surface area contributed by atoms with Crippen LogP contribution < -0.4 is 10.3 Å². The number of hydrogen-bond donors (Lipinski definition) is 1. The number of rotatable bonds is 5. The fourth-order valence-corrected chi connectivity index (χ4v) is 5.04. The number of halogens is 1. The van der Waals surface area contributed by atoms with Gasteiger partial charge in [0.1, 0.15) is 11.4 Å². The molecule has 158 valence electrons. The van der Waals surface area contributed by atoms with Crippen molar-refractivity contribution in [1.29, 1.82) is 0 Å². The van der Waals surface area contributed by atoms with Gasteiger partial charge >= 0.3 is 0 Å². The van der Waals surface area contributed by atoms with Gasteiger partial charge in [0.2, 0.25) is 0 Å². The van der Waals surface area contributed by atoms with Crippen LogP contribution in [0.15, 0.2) is 69.9 Å². The molecule has 2 aromatic carbocycles. The summed E-state index contributed by atoms with van der Waals surface area (Å²) in [6.07, 6.45) is 1.24. The first kappa shape index (κ1) is 21.2. The minimum Gasteiger partial charge on any atom is -0.289 e. The lowest BCUT2D eigenvalue weighted by Gasteiger charge is -2.09. The molecule has 31 heavy (non-hydrogen) atoms. The highest BCUT2D eigenvalue weighted by Crippen LogP contribution is 2.31. The fourth-order valence-electron chi connectivity index (χ4n) is 3.04. The third-order valence-corrected chi connectivity index (χ3v) is 7.14. The molecule has 0 atom stereocenters. The minimum absolute atomic E-state index is 0.0322. The Kier molecular flexibility index (Phi) is 5.65. The molecule has 0 aliphatic carbocycles. The van der Waals surface area contributed by atoms with Crippen molar-refractivity contribution in [2.75, 3.05) is 0 Å². The third kappa shape index (κ3) is 4.39. The molecule has 10 heteroatoms. The van der Waals surface area contributed by atoms with Crippen molar-refractivity contribution in [2.45, 2.75) is 18.4 Å². The molecule has 0 saturated heterocycles. The SMILES string of the molecule is Cc1ccc(S(=O)(=O)NC(=O)Cn2cnc3scc(-c4ccc(Cl)cc4)c3c2=O)cc1. The number of carbonyl (C=O) groups is 1. The summed E-state index contributed by atoms with van der Waals surface area (Å²) in [6.45, 7) is 1.34. The number of thiophene rings is 1. The fraction of sp³-hybridized carbons (Fsp3) is 0.0952. The molecular weight excluding hydrogens is 458 g/mol. The monoisotopic (exact) mass is 473 g/mol. The van der Waals surface area contributed by atoms with E-state index in [4.69, 9.17) is 11.6 Å². The number of aromatic nitrogens is 2. The average Bonchev–Trinajstić information content (AvgIpc) is 3.15. The third-order valence-electron chi connectivity index (χ3n) is 4.61. The number of fused-ring (bicyclic) bond motifs is 1. The van der Waals surface area contributed by atoms with Crippen molar-refractivity contribution in [2.24, 2.45) is 0 Å². The first-order chi connectivity index (χ1) is 14.7. The van der Waals surface area contributed by atoms with Crippen molar-refractivity contribution in [3.05, 3.63) is 81.2 Å². The van der Waals surface area contributed by atoms with Crippen LogP contribution in [0.4, 0.5) is 0 Å². The summed E-state index contributed by atoms with van der Waals surface area (Å²) in [5, 5.41) is 2.75. The zero-order chi connectivity index (χ0) is 22.2. The maximum absolute atomic E-state index is 13.0. The molecule has 2 aromatic heterocycles. The van der Waals surface area contributed by atoms with E-state index in [0.29, 0.717) is 20.8 Å². The number of aryl methyl sites for hydroxylation is 1. The van der Waals surface area contributed by atoms with Gasteiger partial charge in [-0.1, -0.05) is 41.4 Å². The second kappa shape index (κ2) is 8.26. The smallest absolute Gasteiger partial charge is 0.264 e. The van der Waals surface area contributed by atoms with Crippen LogP contribution in [0, 0.1) is 6.92 Å². The maximum atomic E-state index is 13.0. The number of amides is 1. The number of carbonyl (C=O) groups excluding carboxylic acids is 1. The van der Waals surface area contributed by atoms with Crippen molar-refractivity contribution < 1.29 is 13.2 Å². The average molecular weight is 474 g/mol. The van der Waals surface area contributed by atoms with Crippen LogP contribution in [0.1, 0.15) is 5.56 Å². The van der Waals surface area contributed by atoms with Crippen molar-refractivity contribution in [3.8, 4) is 11.1 Å². The van der Waals surface area contributed by atoms with Gasteiger partial charge in [-0.3, -0.25) is 14.2 Å². The zero-order valence-electron chi connectivity index (χ0n) is 16.2. The molecule has 0 bridgehead atoms. The van der Waals surface area contributed by atoms with Gasteiger partial charge in [0.15, 0.2) is 0 Å². The minimum atomic E-state index is -4.04. The Balaban J connectivity index is 1.63. The molecule has 0 unspecified atom stereocenters. The van der Waals surface area contributed by atoms with E-state index in [1.165, 1.54) is 29.8 Å². The van der Waals surface area contributed by atoms with Crippen molar-refractivity contribution in [1.82, 2.24) is 14.3 Å². The molecule has 1 N–H and O–H groups in total. The van der Waals surface area contributed by atoms with Crippen LogP contribution in [-0.2, 0) is 21.4 Å². The summed E-state index contributed by atoms with van der Waals surface area (Å²) in [7, 11) is -4.04. The summed E-state index contributed by atoms with van der Waals surface area (Å²) in [5.74, 6) is -0.841. The van der Waals surface area contributed by atoms with Gasteiger partial charge in [-0.25, -0.2) is 18.1 Å². The summed E-state index contributed by atoms with van der Waals surface area (Å²) in [4.78, 5) is 30.2. The van der Waals surface area contributed by atoms with Crippen LogP contribution in [0.5, 0.6) is 0 Å². The largest absolute Gasteiger partial charge is 0.289 e. The Morgan fingerprint density at radius 3 is 2.48 bits per heavy atom. The Morgan fingerprint density at radius 2 is 1.81 bits per heavy atom. The van der Waals surface area contributed by atoms with E-state index in [-0.39, 0.29) is 4.90 Å². The van der Waals surface area contributed by atoms with E-state index < -0.39 is 28.0 Å². The summed E-state index contributed by atoms with van der Waals surface area (Å²) in [6, 6.07) is 13.1. The first-order valence-electron chi connectivity index (χ1n) is 9.09. The lowest BCUT2D eigenvalue weighted by atomic mass is 10.1. The van der Waals surface area contributed by atoms with E-state index in [2.05, 4.69) is 4.98 Å². The summed E-state index contributed by atoms with van der Waals surface area (Å²) >= 11 is 7.25. The van der Waals surface area contributed by atoms with E-state index >= 15 is 0 Å². The normalized spacial score (nSPS) is 11.5. The molecule has 0 spiro atoms. The van der Waals surface area contributed by atoms with Gasteiger partial charge in [-0.05, 0) is 36.8 Å². The van der Waals surface area contributed by atoms with Gasteiger partial charge in [-0.15, -0.1) is 11.3 Å². The number of hydrogen-bond acceptors (Lipinski definition) is 6. The summed E-state index contributed by atoms with van der Waals surface area (Å²) in [5.41, 5.74) is 1.93. The maximum Gasteiger partial charge on any atom is 0.264 e. The molecule has 0 fully saturated rings. The number of nitrogens with zero attached hydrogens (tertiary/aromatic N) is 2. The molecule has 4 rings (SSSR count). The highest BCUT2D eigenvalue weighted by molar-refractivity contribution is 7.90. The quantitative estimate of drug-likeness (QED) is 0.477. The second-order valence-electron chi connectivity index (χ2n) is 6.86. The van der Waals surface area contributed by atoms with Crippen LogP contribution in [-0.4, -0.2) is 23.9 Å².